The number of rotatable bonds is 0. The van der Waals surface area contributed by atoms with Gasteiger partial charge in [0.05, 0.1) is 0 Å². The van der Waals surface area contributed by atoms with Crippen LogP contribution in [0.25, 0.3) is 0 Å². The summed E-state index contributed by atoms with van der Waals surface area (Å²) < 4.78 is 50.8. The molecule has 0 aromatic rings. The number of hydrogen-bond donors (Lipinski definition) is 0. The maximum atomic E-state index is 8.46. The van der Waals surface area contributed by atoms with Gasteiger partial charge in [0.25, 0.3) is 0 Å². The van der Waals surface area contributed by atoms with Crippen molar-refractivity contribution in [1.29, 1.82) is 0 Å². The monoisotopic (exact) mass is 242 g/mol. The second-order valence-electron chi connectivity index (χ2n) is 0.289. The van der Waals surface area contributed by atoms with E-state index in [2.05, 4.69) is 0 Å². The van der Waals surface area contributed by atoms with E-state index in [-0.39, 0.29) is 35.4 Å². The summed E-state index contributed by atoms with van der Waals surface area (Å²) >= 11 is -5.25. The van der Waals surface area contributed by atoms with Gasteiger partial charge in [-0.05, 0) is 0 Å². The Bertz CT molecular complexity index is 54.6. The average Bonchev–Trinajstić information content (AvgIpc) is 1.70. The SMILES string of the molecule is [Li+].[Ni+2].[O]=[Al][O-].[O]=[Al][O-].[O]=[Al][O-]. The molecule has 0 rings (SSSR count). The van der Waals surface area contributed by atoms with Gasteiger partial charge < -0.3 is 0 Å². The molecule has 0 aromatic carbocycles. The van der Waals surface area contributed by atoms with E-state index in [0.29, 0.717) is 0 Å². The van der Waals surface area contributed by atoms with Gasteiger partial charge >= 0.3 is 106 Å². The van der Waals surface area contributed by atoms with Crippen molar-refractivity contribution in [2.24, 2.45) is 0 Å². The van der Waals surface area contributed by atoms with Crippen LogP contribution in [0.3, 0.4) is 0 Å². The summed E-state index contributed by atoms with van der Waals surface area (Å²) in [7, 11) is 0. The van der Waals surface area contributed by atoms with Crippen LogP contribution in [0, 0.1) is 0 Å². The first-order chi connectivity index (χ1) is 4.24. The minimum atomic E-state index is -1.75. The van der Waals surface area contributed by atoms with Crippen LogP contribution >= 0.6 is 0 Å². The molecule has 0 N–H and O–H groups in total. The Balaban J connectivity index is -0.0000000150. The third-order valence-corrected chi connectivity index (χ3v) is 0. The Morgan fingerprint density at radius 2 is 0.727 bits per heavy atom. The Hall–Kier alpha value is 1.49. The molecular weight excluding hydrogens is 243 g/mol. The Morgan fingerprint density at radius 1 is 0.727 bits per heavy atom. The van der Waals surface area contributed by atoms with Gasteiger partial charge in [-0.15, -0.1) is 0 Å². The molecule has 0 saturated carbocycles. The summed E-state index contributed by atoms with van der Waals surface area (Å²) in [5, 5.41) is 0. The number of hydrogen-bond acceptors (Lipinski definition) is 6. The van der Waals surface area contributed by atoms with E-state index in [1.54, 1.807) is 0 Å². The van der Waals surface area contributed by atoms with E-state index in [4.69, 9.17) is 23.9 Å². The fourth-order valence-corrected chi connectivity index (χ4v) is 0. The second kappa shape index (κ2) is 62.7. The summed E-state index contributed by atoms with van der Waals surface area (Å²) in [4.78, 5) is 0. The molecule has 0 aliphatic carbocycles. The van der Waals surface area contributed by atoms with E-state index in [9.17, 15) is 0 Å². The molecule has 56 valence electrons. The molecule has 0 bridgehead atoms. The third-order valence-electron chi connectivity index (χ3n) is 0. The normalized spacial score (nSPS) is 2.18. The summed E-state index contributed by atoms with van der Waals surface area (Å²) in [6, 6.07) is 0. The first kappa shape index (κ1) is 29.4. The van der Waals surface area contributed by atoms with Gasteiger partial charge in [-0.25, -0.2) is 0 Å². The van der Waals surface area contributed by atoms with Gasteiger partial charge in [0.2, 0.25) is 0 Å². The van der Waals surface area contributed by atoms with Crippen molar-refractivity contribution in [3.05, 3.63) is 0 Å². The molecular formula is Al3LiNiO6. The zero-order chi connectivity index (χ0) is 8.12. The molecule has 0 aromatic heterocycles. The van der Waals surface area contributed by atoms with E-state index >= 15 is 0 Å². The van der Waals surface area contributed by atoms with Crippen molar-refractivity contribution in [2.75, 3.05) is 0 Å². The molecule has 11 heavy (non-hydrogen) atoms. The van der Waals surface area contributed by atoms with Crippen molar-refractivity contribution in [3.63, 3.8) is 0 Å². The summed E-state index contributed by atoms with van der Waals surface area (Å²) in [6.07, 6.45) is 0. The van der Waals surface area contributed by atoms with Crippen LogP contribution in [0.2, 0.25) is 0 Å². The summed E-state index contributed by atoms with van der Waals surface area (Å²) in [5.41, 5.74) is 0. The average molecular weight is 243 g/mol. The zero-order valence-corrected chi connectivity index (χ0v) is 9.95. The minimum absolute atomic E-state index is 0. The fourth-order valence-electron chi connectivity index (χ4n) is 0. The van der Waals surface area contributed by atoms with Crippen molar-refractivity contribution in [1.82, 2.24) is 0 Å². The molecule has 0 heterocycles. The van der Waals surface area contributed by atoms with Crippen LogP contribution in [0.15, 0.2) is 0 Å². The molecule has 0 radical (unpaired) electrons. The molecule has 0 saturated heterocycles. The predicted molar refractivity (Wildman–Crippen MR) is 19.3 cm³/mol. The Labute approximate surface area is 105 Å². The van der Waals surface area contributed by atoms with Gasteiger partial charge in [0, 0.05) is 0 Å². The van der Waals surface area contributed by atoms with Crippen LogP contribution in [0.5, 0.6) is 0 Å². The molecule has 6 nitrogen and oxygen atoms in total. The van der Waals surface area contributed by atoms with Gasteiger partial charge in [-0.3, -0.25) is 0 Å². The first-order valence-corrected chi connectivity index (χ1v) is 4.24. The zero-order valence-electron chi connectivity index (χ0n) is 5.50. The quantitative estimate of drug-likeness (QED) is 0.389. The fraction of sp³-hybridized carbons (Fsp3) is 0. The molecule has 0 unspecified atom stereocenters. The summed E-state index contributed by atoms with van der Waals surface area (Å²) in [6.45, 7) is 0. The van der Waals surface area contributed by atoms with Crippen LogP contribution in [0.1, 0.15) is 0 Å². The van der Waals surface area contributed by atoms with Crippen LogP contribution in [0.4, 0.5) is 0 Å². The van der Waals surface area contributed by atoms with Crippen molar-refractivity contribution >= 4 is 46.5 Å². The Morgan fingerprint density at radius 3 is 0.727 bits per heavy atom. The van der Waals surface area contributed by atoms with Crippen molar-refractivity contribution in [3.8, 4) is 0 Å². The van der Waals surface area contributed by atoms with Gasteiger partial charge in [0.1, 0.15) is 0 Å². The van der Waals surface area contributed by atoms with Gasteiger partial charge in [-0.2, -0.15) is 0 Å². The molecule has 0 spiro atoms. The van der Waals surface area contributed by atoms with Crippen LogP contribution in [-0.2, 0) is 27.9 Å². The van der Waals surface area contributed by atoms with Gasteiger partial charge in [0.15, 0.2) is 0 Å². The molecule has 0 amide bonds. The summed E-state index contributed by atoms with van der Waals surface area (Å²) in [5.74, 6) is 0. The predicted octanol–water partition coefficient (Wildman–Crippen LogP) is -8.06. The van der Waals surface area contributed by atoms with Crippen LogP contribution in [-0.4, -0.2) is 46.5 Å². The molecule has 0 aliphatic rings. The van der Waals surface area contributed by atoms with Gasteiger partial charge in [-0.1, -0.05) is 0 Å². The third kappa shape index (κ3) is 467. The van der Waals surface area contributed by atoms with E-state index in [1.165, 1.54) is 0 Å². The topological polar surface area (TPSA) is 120 Å². The molecule has 0 fully saturated rings. The maximum absolute atomic E-state index is 8.46. The molecule has 0 atom stereocenters. The van der Waals surface area contributed by atoms with Crippen molar-refractivity contribution in [2.45, 2.75) is 0 Å². The molecule has 11 heteroatoms. The molecule has 0 aliphatic heterocycles. The second-order valence-corrected chi connectivity index (χ2v) is 0.866. The standard InChI is InChI=1S/3Al.Li.Ni.6O/q;;;+1;+2;;;;3*-1. The van der Waals surface area contributed by atoms with Crippen molar-refractivity contribution < 1.29 is 59.2 Å². The van der Waals surface area contributed by atoms with E-state index in [1.807, 2.05) is 0 Å². The Kier molecular flexibility index (Phi) is 168. The van der Waals surface area contributed by atoms with E-state index in [0.717, 1.165) is 0 Å². The van der Waals surface area contributed by atoms with E-state index < -0.39 is 46.5 Å². The van der Waals surface area contributed by atoms with Crippen LogP contribution < -0.4 is 31.3 Å². The first-order valence-electron chi connectivity index (χ1n) is 1.41.